The first-order chi connectivity index (χ1) is 11.8. The molecular formula is C19H28N6. The maximum absolute atomic E-state index is 4.86. The Morgan fingerprint density at radius 1 is 1.20 bits per heavy atom. The average molecular weight is 340 g/mol. The molecule has 6 nitrogen and oxygen atoms in total. The molecule has 134 valence electrons. The third-order valence-electron chi connectivity index (χ3n) is 5.51. The lowest BCUT2D eigenvalue weighted by atomic mass is 9.65. The Bertz CT molecular complexity index is 728. The normalized spacial score (nSPS) is 18.8. The molecule has 25 heavy (non-hydrogen) atoms. The molecule has 1 N–H and O–H groups in total. The molecule has 2 aromatic rings. The minimum absolute atomic E-state index is 0.102. The molecule has 6 heteroatoms. The molecule has 3 rings (SSSR count). The summed E-state index contributed by atoms with van der Waals surface area (Å²) >= 11 is 0. The summed E-state index contributed by atoms with van der Waals surface area (Å²) in [6.07, 6.45) is 3.24. The molecule has 1 aromatic heterocycles. The van der Waals surface area contributed by atoms with E-state index in [1.54, 1.807) is 11.0 Å². The molecule has 0 radical (unpaired) electrons. The van der Waals surface area contributed by atoms with Crippen LogP contribution in [-0.2, 0) is 6.54 Å². The van der Waals surface area contributed by atoms with Gasteiger partial charge in [0.2, 0.25) is 0 Å². The maximum Gasteiger partial charge on any atom is 0.194 e. The molecule has 0 saturated carbocycles. The minimum Gasteiger partial charge on any atom is -0.356 e. The highest BCUT2D eigenvalue weighted by molar-refractivity contribution is 5.82. The van der Waals surface area contributed by atoms with Crippen LogP contribution in [0.4, 0.5) is 0 Å². The van der Waals surface area contributed by atoms with Gasteiger partial charge in [0.25, 0.3) is 0 Å². The van der Waals surface area contributed by atoms with Crippen molar-refractivity contribution in [3.8, 4) is 5.69 Å². The van der Waals surface area contributed by atoms with Crippen LogP contribution >= 0.6 is 0 Å². The number of aromatic nitrogens is 3. The molecule has 2 heterocycles. The van der Waals surface area contributed by atoms with Crippen LogP contribution in [0.1, 0.15) is 40.2 Å². The van der Waals surface area contributed by atoms with E-state index in [1.165, 1.54) is 11.9 Å². The van der Waals surface area contributed by atoms with Crippen LogP contribution in [-0.4, -0.2) is 44.3 Å². The fraction of sp³-hybridized carbons (Fsp3) is 0.526. The first kappa shape index (κ1) is 17.5. The Morgan fingerprint density at radius 2 is 1.92 bits per heavy atom. The van der Waals surface area contributed by atoms with E-state index < -0.39 is 0 Å². The Kier molecular flexibility index (Phi) is 4.54. The van der Waals surface area contributed by atoms with E-state index in [0.717, 1.165) is 24.7 Å². The van der Waals surface area contributed by atoms with Gasteiger partial charge in [-0.3, -0.25) is 0 Å². The second-order valence-corrected chi connectivity index (χ2v) is 7.71. The number of nitrogens with zero attached hydrogens (tertiary/aromatic N) is 5. The maximum atomic E-state index is 4.86. The Labute approximate surface area is 150 Å². The number of hydrogen-bond acceptors (Lipinski definition) is 3. The molecule has 1 saturated heterocycles. The lowest BCUT2D eigenvalue weighted by Crippen LogP contribution is -2.72. The quantitative estimate of drug-likeness (QED) is 0.687. The molecule has 0 unspecified atom stereocenters. The second kappa shape index (κ2) is 6.50. The molecule has 1 fully saturated rings. The highest BCUT2D eigenvalue weighted by Gasteiger charge is 2.53. The third kappa shape index (κ3) is 3.25. The van der Waals surface area contributed by atoms with Gasteiger partial charge >= 0.3 is 0 Å². The summed E-state index contributed by atoms with van der Waals surface area (Å²) < 4.78 is 1.75. The summed E-state index contributed by atoms with van der Waals surface area (Å²) in [6.45, 7) is 13.9. The van der Waals surface area contributed by atoms with Crippen molar-refractivity contribution in [2.24, 2.45) is 10.4 Å². The topological polar surface area (TPSA) is 58.3 Å². The summed E-state index contributed by atoms with van der Waals surface area (Å²) in [7, 11) is 0. The van der Waals surface area contributed by atoms with Gasteiger partial charge in [0.05, 0.1) is 12.2 Å². The molecule has 0 amide bonds. The first-order valence-electron chi connectivity index (χ1n) is 8.85. The summed E-state index contributed by atoms with van der Waals surface area (Å²) in [4.78, 5) is 11.2. The van der Waals surface area contributed by atoms with E-state index in [1.807, 2.05) is 12.1 Å². The van der Waals surface area contributed by atoms with E-state index in [0.29, 0.717) is 12.0 Å². The van der Waals surface area contributed by atoms with Gasteiger partial charge in [-0.05, 0) is 38.5 Å². The van der Waals surface area contributed by atoms with Crippen LogP contribution in [0.5, 0.6) is 0 Å². The van der Waals surface area contributed by atoms with E-state index in [9.17, 15) is 0 Å². The van der Waals surface area contributed by atoms with Gasteiger partial charge in [-0.25, -0.2) is 14.7 Å². The largest absolute Gasteiger partial charge is 0.356 e. The van der Waals surface area contributed by atoms with Crippen LogP contribution in [0.2, 0.25) is 0 Å². The summed E-state index contributed by atoms with van der Waals surface area (Å²) in [5, 5.41) is 7.58. The number of hydrogen-bond donors (Lipinski definition) is 1. The molecular weight excluding hydrogens is 312 g/mol. The van der Waals surface area contributed by atoms with Crippen molar-refractivity contribution in [1.82, 2.24) is 25.0 Å². The zero-order chi connectivity index (χ0) is 18.1. The number of rotatable bonds is 4. The van der Waals surface area contributed by atoms with Crippen molar-refractivity contribution in [3.63, 3.8) is 0 Å². The molecule has 0 aliphatic carbocycles. The lowest BCUT2D eigenvalue weighted by Gasteiger charge is -2.62. The van der Waals surface area contributed by atoms with Crippen molar-refractivity contribution in [1.29, 1.82) is 0 Å². The number of guanidine groups is 1. The zero-order valence-corrected chi connectivity index (χ0v) is 15.8. The van der Waals surface area contributed by atoms with E-state index in [-0.39, 0.29) is 5.54 Å². The van der Waals surface area contributed by atoms with Gasteiger partial charge in [0, 0.05) is 24.0 Å². The van der Waals surface area contributed by atoms with E-state index in [4.69, 9.17) is 4.99 Å². The molecule has 1 aliphatic heterocycles. The summed E-state index contributed by atoms with van der Waals surface area (Å²) in [5.41, 5.74) is 2.58. The third-order valence-corrected chi connectivity index (χ3v) is 5.51. The van der Waals surface area contributed by atoms with Crippen molar-refractivity contribution in [2.45, 2.75) is 46.7 Å². The van der Waals surface area contributed by atoms with Crippen molar-refractivity contribution in [3.05, 3.63) is 42.5 Å². The van der Waals surface area contributed by atoms with Crippen molar-refractivity contribution >= 4 is 5.96 Å². The Morgan fingerprint density at radius 3 is 2.44 bits per heavy atom. The first-order valence-corrected chi connectivity index (χ1v) is 8.85. The summed E-state index contributed by atoms with van der Waals surface area (Å²) in [5.74, 6) is 0.993. The number of aliphatic imine (C=N–C) groups is 1. The van der Waals surface area contributed by atoms with Gasteiger partial charge in [0.15, 0.2) is 5.96 Å². The van der Waals surface area contributed by atoms with Crippen LogP contribution in [0.25, 0.3) is 5.69 Å². The SMILES string of the molecule is CCNC(=NCc1ccc(-n2cncn2)cc1)N1CC(C)(C)C1(C)C. The van der Waals surface area contributed by atoms with Crippen LogP contribution in [0.3, 0.4) is 0 Å². The number of benzene rings is 1. The Hall–Kier alpha value is -2.37. The van der Waals surface area contributed by atoms with Crippen molar-refractivity contribution in [2.75, 3.05) is 13.1 Å². The lowest BCUT2D eigenvalue weighted by molar-refractivity contribution is -0.0667. The fourth-order valence-corrected chi connectivity index (χ4v) is 3.06. The van der Waals surface area contributed by atoms with Gasteiger partial charge in [0.1, 0.15) is 12.7 Å². The van der Waals surface area contributed by atoms with Gasteiger partial charge in [-0.1, -0.05) is 26.0 Å². The van der Waals surface area contributed by atoms with Crippen LogP contribution < -0.4 is 5.32 Å². The number of nitrogens with one attached hydrogen (secondary N) is 1. The molecule has 0 spiro atoms. The minimum atomic E-state index is 0.102. The summed E-state index contributed by atoms with van der Waals surface area (Å²) in [6, 6.07) is 8.27. The monoisotopic (exact) mass is 340 g/mol. The van der Waals surface area contributed by atoms with Crippen molar-refractivity contribution < 1.29 is 0 Å². The highest BCUT2D eigenvalue weighted by Crippen LogP contribution is 2.46. The predicted octanol–water partition coefficient (Wildman–Crippen LogP) is 2.85. The van der Waals surface area contributed by atoms with Crippen LogP contribution in [0, 0.1) is 5.41 Å². The molecule has 1 aliphatic rings. The average Bonchev–Trinajstić information content (AvgIpc) is 3.12. The number of likely N-dealkylation sites (tertiary alicyclic amines) is 1. The Balaban J connectivity index is 1.72. The highest BCUT2D eigenvalue weighted by atomic mass is 15.4. The smallest absolute Gasteiger partial charge is 0.194 e. The standard InChI is InChI=1S/C19H28N6/c1-6-21-17(24-12-18(2,3)19(24,4)5)22-11-15-7-9-16(10-8-15)25-14-20-13-23-25/h7-10,13-14H,6,11-12H2,1-5H3,(H,21,22). The molecule has 0 atom stereocenters. The zero-order valence-electron chi connectivity index (χ0n) is 15.8. The van der Waals surface area contributed by atoms with E-state index in [2.05, 4.69) is 67.1 Å². The predicted molar refractivity (Wildman–Crippen MR) is 101 cm³/mol. The second-order valence-electron chi connectivity index (χ2n) is 7.71. The van der Waals surface area contributed by atoms with Gasteiger partial charge in [-0.15, -0.1) is 0 Å². The molecule has 1 aromatic carbocycles. The van der Waals surface area contributed by atoms with E-state index >= 15 is 0 Å². The fourth-order valence-electron chi connectivity index (χ4n) is 3.06. The van der Waals surface area contributed by atoms with Crippen LogP contribution in [0.15, 0.2) is 41.9 Å². The van der Waals surface area contributed by atoms with Gasteiger partial charge < -0.3 is 10.2 Å². The molecule has 0 bridgehead atoms. The van der Waals surface area contributed by atoms with Gasteiger partial charge in [-0.2, -0.15) is 5.10 Å².